The molecule has 0 bridgehead atoms. The first-order valence-corrected chi connectivity index (χ1v) is 5.55. The minimum Gasteiger partial charge on any atom is -0.368 e. The van der Waals surface area contributed by atoms with E-state index in [0.29, 0.717) is 5.95 Å². The van der Waals surface area contributed by atoms with Gasteiger partial charge in [-0.15, -0.1) is 0 Å². The number of aryl methyl sites for hydroxylation is 1. The summed E-state index contributed by atoms with van der Waals surface area (Å²) in [6.45, 7) is 3.76. The van der Waals surface area contributed by atoms with Crippen LogP contribution in [0.15, 0.2) is 4.47 Å². The molecule has 0 aliphatic rings. The average molecular weight is 304 g/mol. The van der Waals surface area contributed by atoms with E-state index >= 15 is 0 Å². The van der Waals surface area contributed by atoms with Gasteiger partial charge >= 0.3 is 0 Å². The standard InChI is InChI=1S/C8H8BrClN6/c1-3-5(9)4(2)16(15-3)8-13-6(10)12-7(11)14-8/h1-2H3,(H2,11,12,13,14). The first kappa shape index (κ1) is 11.3. The largest absolute Gasteiger partial charge is 0.368 e. The Morgan fingerprint density at radius 3 is 2.44 bits per heavy atom. The van der Waals surface area contributed by atoms with Crippen LogP contribution in [0.4, 0.5) is 5.95 Å². The highest BCUT2D eigenvalue weighted by Crippen LogP contribution is 2.21. The van der Waals surface area contributed by atoms with Crippen LogP contribution in [0.2, 0.25) is 5.28 Å². The molecule has 6 nitrogen and oxygen atoms in total. The van der Waals surface area contributed by atoms with E-state index in [0.717, 1.165) is 15.9 Å². The van der Waals surface area contributed by atoms with Crippen molar-refractivity contribution in [1.29, 1.82) is 0 Å². The van der Waals surface area contributed by atoms with Gasteiger partial charge in [0.2, 0.25) is 11.2 Å². The Morgan fingerprint density at radius 2 is 1.94 bits per heavy atom. The number of aromatic nitrogens is 5. The molecule has 0 atom stereocenters. The van der Waals surface area contributed by atoms with Gasteiger partial charge in [0, 0.05) is 0 Å². The molecule has 16 heavy (non-hydrogen) atoms. The van der Waals surface area contributed by atoms with Crippen LogP contribution in [0.3, 0.4) is 0 Å². The van der Waals surface area contributed by atoms with Crippen molar-refractivity contribution in [1.82, 2.24) is 24.7 Å². The maximum atomic E-state index is 5.70. The number of rotatable bonds is 1. The van der Waals surface area contributed by atoms with E-state index in [1.807, 2.05) is 13.8 Å². The number of halogens is 2. The van der Waals surface area contributed by atoms with Crippen LogP contribution >= 0.6 is 27.5 Å². The van der Waals surface area contributed by atoms with E-state index < -0.39 is 0 Å². The fourth-order valence-electron chi connectivity index (χ4n) is 1.27. The summed E-state index contributed by atoms with van der Waals surface area (Å²) >= 11 is 9.12. The van der Waals surface area contributed by atoms with Gasteiger partial charge in [0.15, 0.2) is 0 Å². The maximum Gasteiger partial charge on any atom is 0.256 e. The lowest BCUT2D eigenvalue weighted by Crippen LogP contribution is -2.08. The predicted octanol–water partition coefficient (Wildman–Crippen LogP) is 1.67. The lowest BCUT2D eigenvalue weighted by atomic mass is 10.4. The van der Waals surface area contributed by atoms with Crippen molar-refractivity contribution in [3.05, 3.63) is 21.1 Å². The smallest absolute Gasteiger partial charge is 0.256 e. The Labute approximate surface area is 105 Å². The number of anilines is 1. The Balaban J connectivity index is 2.62. The predicted molar refractivity (Wildman–Crippen MR) is 63.5 cm³/mol. The highest BCUT2D eigenvalue weighted by Gasteiger charge is 2.13. The van der Waals surface area contributed by atoms with Gasteiger partial charge in [-0.3, -0.25) is 0 Å². The molecule has 8 heteroatoms. The number of hydrogen-bond donors (Lipinski definition) is 1. The number of nitrogens with two attached hydrogens (primary N) is 1. The second-order valence-electron chi connectivity index (χ2n) is 3.16. The summed E-state index contributed by atoms with van der Waals surface area (Å²) in [5.41, 5.74) is 7.21. The molecule has 0 unspecified atom stereocenters. The molecule has 2 N–H and O–H groups in total. The second-order valence-corrected chi connectivity index (χ2v) is 4.29. The Morgan fingerprint density at radius 1 is 1.25 bits per heavy atom. The van der Waals surface area contributed by atoms with Crippen molar-refractivity contribution in [2.75, 3.05) is 5.73 Å². The maximum absolute atomic E-state index is 5.70. The van der Waals surface area contributed by atoms with Crippen LogP contribution in [0, 0.1) is 13.8 Å². The molecule has 2 heterocycles. The van der Waals surface area contributed by atoms with Crippen molar-refractivity contribution in [3.63, 3.8) is 0 Å². The van der Waals surface area contributed by atoms with Crippen molar-refractivity contribution >= 4 is 33.5 Å². The van der Waals surface area contributed by atoms with Crippen molar-refractivity contribution < 1.29 is 0 Å². The molecule has 0 fully saturated rings. The van der Waals surface area contributed by atoms with Crippen LogP contribution in [-0.2, 0) is 0 Å². The van der Waals surface area contributed by atoms with Gasteiger partial charge in [-0.2, -0.15) is 20.1 Å². The zero-order valence-electron chi connectivity index (χ0n) is 8.57. The number of nitrogens with zero attached hydrogens (tertiary/aromatic N) is 5. The molecule has 0 saturated heterocycles. The molecule has 0 saturated carbocycles. The van der Waals surface area contributed by atoms with Crippen LogP contribution in [-0.4, -0.2) is 24.7 Å². The quantitative estimate of drug-likeness (QED) is 0.866. The Hall–Kier alpha value is -1.21. The third-order valence-electron chi connectivity index (χ3n) is 2.01. The Bertz CT molecular complexity index is 531. The molecule has 2 aromatic rings. The van der Waals surface area contributed by atoms with E-state index in [1.54, 1.807) is 4.68 Å². The first-order valence-electron chi connectivity index (χ1n) is 4.38. The molecular weight excluding hydrogens is 295 g/mol. The topological polar surface area (TPSA) is 82.5 Å². The van der Waals surface area contributed by atoms with Crippen LogP contribution in [0.5, 0.6) is 0 Å². The lowest BCUT2D eigenvalue weighted by Gasteiger charge is -2.02. The van der Waals surface area contributed by atoms with Gasteiger partial charge in [-0.05, 0) is 41.4 Å². The van der Waals surface area contributed by atoms with Crippen molar-refractivity contribution in [2.45, 2.75) is 13.8 Å². The Kier molecular flexibility index (Phi) is 2.81. The molecule has 0 aliphatic heterocycles. The van der Waals surface area contributed by atoms with Gasteiger partial charge in [-0.1, -0.05) is 0 Å². The lowest BCUT2D eigenvalue weighted by molar-refractivity contribution is 0.767. The van der Waals surface area contributed by atoms with E-state index in [9.17, 15) is 0 Å². The average Bonchev–Trinajstić information content (AvgIpc) is 2.44. The van der Waals surface area contributed by atoms with E-state index in [4.69, 9.17) is 17.3 Å². The molecular formula is C8H8BrClN6. The van der Waals surface area contributed by atoms with Crippen LogP contribution < -0.4 is 5.73 Å². The summed E-state index contributed by atoms with van der Waals surface area (Å²) in [6, 6.07) is 0. The molecule has 0 amide bonds. The van der Waals surface area contributed by atoms with Crippen LogP contribution in [0.1, 0.15) is 11.4 Å². The summed E-state index contributed by atoms with van der Waals surface area (Å²) in [4.78, 5) is 11.6. The monoisotopic (exact) mass is 302 g/mol. The summed E-state index contributed by atoms with van der Waals surface area (Å²) < 4.78 is 2.46. The second kappa shape index (κ2) is 3.99. The molecule has 0 spiro atoms. The van der Waals surface area contributed by atoms with Gasteiger partial charge in [0.05, 0.1) is 15.9 Å². The van der Waals surface area contributed by atoms with Crippen molar-refractivity contribution in [3.8, 4) is 5.95 Å². The fourth-order valence-corrected chi connectivity index (χ4v) is 1.68. The van der Waals surface area contributed by atoms with Gasteiger partial charge in [0.25, 0.3) is 5.95 Å². The molecule has 0 aliphatic carbocycles. The zero-order valence-corrected chi connectivity index (χ0v) is 10.9. The summed E-state index contributed by atoms with van der Waals surface area (Å²) in [6.07, 6.45) is 0. The van der Waals surface area contributed by atoms with Crippen LogP contribution in [0.25, 0.3) is 5.95 Å². The minimum absolute atomic E-state index is 0.0474. The normalized spacial score (nSPS) is 10.8. The molecule has 2 aromatic heterocycles. The highest BCUT2D eigenvalue weighted by atomic mass is 79.9. The van der Waals surface area contributed by atoms with E-state index in [2.05, 4.69) is 36.0 Å². The number of nitrogen functional groups attached to an aromatic ring is 1. The molecule has 0 radical (unpaired) electrons. The number of hydrogen-bond acceptors (Lipinski definition) is 5. The van der Waals surface area contributed by atoms with Gasteiger partial charge in [0.1, 0.15) is 0 Å². The third-order valence-corrected chi connectivity index (χ3v) is 3.32. The SMILES string of the molecule is Cc1nn(-c2nc(N)nc(Cl)n2)c(C)c1Br. The summed E-state index contributed by atoms with van der Waals surface area (Å²) in [5, 5.41) is 4.31. The summed E-state index contributed by atoms with van der Waals surface area (Å²) in [5.74, 6) is 0.377. The fraction of sp³-hybridized carbons (Fsp3) is 0.250. The molecule has 84 valence electrons. The third kappa shape index (κ3) is 1.88. The highest BCUT2D eigenvalue weighted by molar-refractivity contribution is 9.10. The van der Waals surface area contributed by atoms with E-state index in [1.165, 1.54) is 0 Å². The summed E-state index contributed by atoms with van der Waals surface area (Å²) in [7, 11) is 0. The molecule has 2 rings (SSSR count). The van der Waals surface area contributed by atoms with Crippen molar-refractivity contribution in [2.24, 2.45) is 0 Å². The first-order chi connectivity index (χ1) is 7.49. The van der Waals surface area contributed by atoms with Gasteiger partial charge in [-0.25, -0.2) is 4.68 Å². The minimum atomic E-state index is 0.0474. The van der Waals surface area contributed by atoms with E-state index in [-0.39, 0.29) is 11.2 Å². The van der Waals surface area contributed by atoms with Gasteiger partial charge < -0.3 is 5.73 Å². The zero-order chi connectivity index (χ0) is 11.9. The molecule has 0 aromatic carbocycles.